The van der Waals surface area contributed by atoms with Crippen LogP contribution in [-0.2, 0) is 10.0 Å². The Labute approximate surface area is 182 Å². The minimum absolute atomic E-state index is 0.0218. The number of nitrogens with zero attached hydrogens (tertiary/aromatic N) is 1. The van der Waals surface area contributed by atoms with Gasteiger partial charge in [-0.1, -0.05) is 29.8 Å². The zero-order chi connectivity index (χ0) is 21.5. The van der Waals surface area contributed by atoms with Gasteiger partial charge in [0.2, 0.25) is 10.0 Å². The summed E-state index contributed by atoms with van der Waals surface area (Å²) in [4.78, 5) is 13.0. The second kappa shape index (κ2) is 7.87. The molecule has 1 amide bonds. The molecule has 6 nitrogen and oxygen atoms in total. The van der Waals surface area contributed by atoms with E-state index in [1.54, 1.807) is 6.07 Å². The number of ether oxygens (including phenoxy) is 1. The van der Waals surface area contributed by atoms with Crippen molar-refractivity contribution >= 4 is 27.5 Å². The van der Waals surface area contributed by atoms with Gasteiger partial charge in [0.1, 0.15) is 16.2 Å². The zero-order valence-corrected chi connectivity index (χ0v) is 18.6. The molecule has 30 heavy (non-hydrogen) atoms. The lowest BCUT2D eigenvalue weighted by molar-refractivity contribution is 0.0619. The normalized spacial score (nSPS) is 21.0. The molecule has 2 aliphatic heterocycles. The van der Waals surface area contributed by atoms with Gasteiger partial charge in [-0.2, -0.15) is 4.31 Å². The summed E-state index contributed by atoms with van der Waals surface area (Å²) in [5.41, 5.74) is 0.735. The third-order valence-corrected chi connectivity index (χ3v) is 7.94. The number of benzene rings is 2. The second-order valence-electron chi connectivity index (χ2n) is 8.39. The van der Waals surface area contributed by atoms with Crippen LogP contribution in [0.2, 0.25) is 5.02 Å². The van der Waals surface area contributed by atoms with E-state index in [-0.39, 0.29) is 27.4 Å². The lowest BCUT2D eigenvalue weighted by atomic mass is 9.89. The first kappa shape index (κ1) is 21.2. The largest absolute Gasteiger partial charge is 0.487 e. The molecule has 0 aliphatic carbocycles. The first-order chi connectivity index (χ1) is 14.2. The highest BCUT2D eigenvalue weighted by Crippen LogP contribution is 2.39. The number of carbonyl (C=O) groups excluding carboxylic acids is 1. The molecule has 1 N–H and O–H groups in total. The van der Waals surface area contributed by atoms with Gasteiger partial charge in [0, 0.05) is 30.6 Å². The van der Waals surface area contributed by atoms with Gasteiger partial charge in [-0.3, -0.25) is 4.79 Å². The maximum absolute atomic E-state index is 13.0. The molecule has 1 saturated heterocycles. The van der Waals surface area contributed by atoms with Crippen molar-refractivity contribution in [2.24, 2.45) is 0 Å². The molecule has 0 spiro atoms. The third-order valence-electron chi connectivity index (χ3n) is 5.56. The molecule has 2 aliphatic rings. The fourth-order valence-electron chi connectivity index (χ4n) is 4.08. The zero-order valence-electron chi connectivity index (χ0n) is 17.0. The van der Waals surface area contributed by atoms with Crippen molar-refractivity contribution in [1.29, 1.82) is 0 Å². The summed E-state index contributed by atoms with van der Waals surface area (Å²) >= 11 is 6.21. The van der Waals surface area contributed by atoms with Crippen molar-refractivity contribution in [3.8, 4) is 5.75 Å². The molecule has 8 heteroatoms. The standard InChI is InChI=1S/C22H25ClN2O4S/c1-22(2)14-18(16-7-3-4-8-19(16)29-22)24-21(26)15-9-10-17(23)20(13-15)30(27,28)25-11-5-6-12-25/h3-4,7-10,13,18H,5-6,11-12,14H2,1-2H3,(H,24,26). The summed E-state index contributed by atoms with van der Waals surface area (Å²) in [5.74, 6) is 0.398. The maximum Gasteiger partial charge on any atom is 0.251 e. The molecule has 4 rings (SSSR count). The summed E-state index contributed by atoms with van der Waals surface area (Å²) in [7, 11) is -3.72. The van der Waals surface area contributed by atoms with E-state index in [0.717, 1.165) is 24.2 Å². The van der Waals surface area contributed by atoms with Crippen LogP contribution in [0.15, 0.2) is 47.4 Å². The van der Waals surface area contributed by atoms with Gasteiger partial charge in [-0.05, 0) is 51.0 Å². The molecule has 0 saturated carbocycles. The minimum atomic E-state index is -3.72. The van der Waals surface area contributed by atoms with Crippen molar-refractivity contribution in [2.45, 2.75) is 49.6 Å². The van der Waals surface area contributed by atoms with E-state index in [4.69, 9.17) is 16.3 Å². The second-order valence-corrected chi connectivity index (χ2v) is 10.7. The van der Waals surface area contributed by atoms with Gasteiger partial charge in [0.25, 0.3) is 5.91 Å². The van der Waals surface area contributed by atoms with Crippen molar-refractivity contribution in [3.63, 3.8) is 0 Å². The molecule has 1 unspecified atom stereocenters. The quantitative estimate of drug-likeness (QED) is 0.762. The van der Waals surface area contributed by atoms with Crippen LogP contribution in [0.4, 0.5) is 0 Å². The number of hydrogen-bond acceptors (Lipinski definition) is 4. The molecular formula is C22H25ClN2O4S. The molecule has 0 aromatic heterocycles. The van der Waals surface area contributed by atoms with Crippen molar-refractivity contribution < 1.29 is 17.9 Å². The molecular weight excluding hydrogens is 424 g/mol. The molecule has 2 aromatic rings. The van der Waals surface area contributed by atoms with Crippen LogP contribution in [-0.4, -0.2) is 37.3 Å². The Morgan fingerprint density at radius 2 is 1.87 bits per heavy atom. The van der Waals surface area contributed by atoms with Gasteiger partial charge in [-0.25, -0.2) is 8.42 Å². The Morgan fingerprint density at radius 1 is 1.17 bits per heavy atom. The van der Waals surface area contributed by atoms with E-state index in [9.17, 15) is 13.2 Å². The van der Waals surface area contributed by atoms with E-state index in [0.29, 0.717) is 19.5 Å². The number of halogens is 1. The van der Waals surface area contributed by atoms with Crippen LogP contribution in [0.3, 0.4) is 0 Å². The summed E-state index contributed by atoms with van der Waals surface area (Å²) in [6.07, 6.45) is 2.26. The SMILES string of the molecule is CC1(C)CC(NC(=O)c2ccc(Cl)c(S(=O)(=O)N3CCCC3)c2)c2ccccc2O1. The number of para-hydroxylation sites is 1. The number of nitrogens with one attached hydrogen (secondary N) is 1. The molecule has 0 bridgehead atoms. The molecule has 1 atom stereocenters. The van der Waals surface area contributed by atoms with Gasteiger partial charge in [0.05, 0.1) is 11.1 Å². The summed E-state index contributed by atoms with van der Waals surface area (Å²) < 4.78 is 33.4. The summed E-state index contributed by atoms with van der Waals surface area (Å²) in [5, 5.41) is 3.17. The Balaban J connectivity index is 1.62. The van der Waals surface area contributed by atoms with E-state index in [1.807, 2.05) is 38.1 Å². The van der Waals surface area contributed by atoms with E-state index in [2.05, 4.69) is 5.32 Å². The van der Waals surface area contributed by atoms with Gasteiger partial charge in [0.15, 0.2) is 0 Å². The maximum atomic E-state index is 13.0. The minimum Gasteiger partial charge on any atom is -0.487 e. The van der Waals surface area contributed by atoms with Crippen LogP contribution >= 0.6 is 11.6 Å². The highest BCUT2D eigenvalue weighted by molar-refractivity contribution is 7.89. The van der Waals surface area contributed by atoms with Crippen molar-refractivity contribution in [2.75, 3.05) is 13.1 Å². The first-order valence-corrected chi connectivity index (χ1v) is 11.9. The Hall–Kier alpha value is -2.09. The smallest absolute Gasteiger partial charge is 0.251 e. The molecule has 1 fully saturated rings. The number of hydrogen-bond donors (Lipinski definition) is 1. The first-order valence-electron chi connectivity index (χ1n) is 10.1. The summed E-state index contributed by atoms with van der Waals surface area (Å²) in [6, 6.07) is 11.8. The molecule has 0 radical (unpaired) electrons. The topological polar surface area (TPSA) is 75.7 Å². The van der Waals surface area contributed by atoms with Gasteiger partial charge in [-0.15, -0.1) is 0 Å². The van der Waals surface area contributed by atoms with Crippen LogP contribution in [0, 0.1) is 0 Å². The third kappa shape index (κ3) is 4.06. The Kier molecular flexibility index (Phi) is 5.55. The lowest BCUT2D eigenvalue weighted by Crippen LogP contribution is -2.41. The van der Waals surface area contributed by atoms with Gasteiger partial charge < -0.3 is 10.1 Å². The predicted octanol–water partition coefficient (Wildman–Crippen LogP) is 4.16. The highest BCUT2D eigenvalue weighted by atomic mass is 35.5. The fourth-order valence-corrected chi connectivity index (χ4v) is 6.10. The monoisotopic (exact) mass is 448 g/mol. The van der Waals surface area contributed by atoms with E-state index < -0.39 is 15.6 Å². The Morgan fingerprint density at radius 3 is 2.60 bits per heavy atom. The molecule has 2 aromatic carbocycles. The fraction of sp³-hybridized carbons (Fsp3) is 0.409. The molecule has 160 valence electrons. The van der Waals surface area contributed by atoms with Crippen LogP contribution in [0.5, 0.6) is 5.75 Å². The Bertz CT molecular complexity index is 1080. The van der Waals surface area contributed by atoms with E-state index in [1.165, 1.54) is 16.4 Å². The number of amides is 1. The van der Waals surface area contributed by atoms with Gasteiger partial charge >= 0.3 is 0 Å². The number of carbonyl (C=O) groups is 1. The predicted molar refractivity (Wildman–Crippen MR) is 115 cm³/mol. The van der Waals surface area contributed by atoms with E-state index >= 15 is 0 Å². The average Bonchev–Trinajstić information content (AvgIpc) is 3.23. The number of rotatable bonds is 4. The van der Waals surface area contributed by atoms with Crippen molar-refractivity contribution in [1.82, 2.24) is 9.62 Å². The highest BCUT2D eigenvalue weighted by Gasteiger charge is 2.35. The number of fused-ring (bicyclic) bond motifs is 1. The summed E-state index contributed by atoms with van der Waals surface area (Å²) in [6.45, 7) is 4.91. The van der Waals surface area contributed by atoms with Crippen molar-refractivity contribution in [3.05, 3.63) is 58.6 Å². The molecule has 2 heterocycles. The average molecular weight is 449 g/mol. The number of sulfonamides is 1. The lowest BCUT2D eigenvalue weighted by Gasteiger charge is -2.37. The van der Waals surface area contributed by atoms with Crippen LogP contribution in [0.1, 0.15) is 55.1 Å². The van der Waals surface area contributed by atoms with Crippen LogP contribution in [0.25, 0.3) is 0 Å². The van der Waals surface area contributed by atoms with Crippen LogP contribution < -0.4 is 10.1 Å².